The summed E-state index contributed by atoms with van der Waals surface area (Å²) < 4.78 is 31.6. The van der Waals surface area contributed by atoms with Crippen LogP contribution in [0, 0.1) is 0 Å². The zero-order valence-electron chi connectivity index (χ0n) is 2.88. The molecule has 0 bridgehead atoms. The molecule has 7 heavy (non-hydrogen) atoms. The maximum atomic E-state index is 8.74. The zero-order valence-corrected chi connectivity index (χ0v) is 8.01. The van der Waals surface area contributed by atoms with Crippen molar-refractivity contribution in [2.24, 2.45) is 0 Å². The summed E-state index contributed by atoms with van der Waals surface area (Å²) in [6, 6.07) is 0. The van der Waals surface area contributed by atoms with Crippen molar-refractivity contribution in [3.63, 3.8) is 0 Å². The number of halogens is 2. The molecule has 0 aliphatic carbocycles. The maximum absolute atomic E-state index is 8.74. The van der Waals surface area contributed by atoms with Gasteiger partial charge in [-0.05, 0) is 0 Å². The zero-order chi connectivity index (χ0) is 6.50. The minimum Gasteiger partial charge on any atom is -0.264 e. The van der Waals surface area contributed by atoms with Gasteiger partial charge >= 0.3 is 10.4 Å². The van der Waals surface area contributed by atoms with Crippen molar-refractivity contribution in [1.82, 2.24) is 0 Å². The van der Waals surface area contributed by atoms with Crippen molar-refractivity contribution < 1.29 is 17.5 Å². The van der Waals surface area contributed by atoms with E-state index in [-0.39, 0.29) is 0 Å². The molecule has 0 unspecified atom stereocenters. The molecule has 2 N–H and O–H groups in total. The molecule has 0 atom stereocenters. The lowest BCUT2D eigenvalue weighted by atomic mass is 15.8. The van der Waals surface area contributed by atoms with E-state index in [0.717, 1.165) is 0 Å². The average Bonchev–Trinajstić information content (AvgIpc) is 1.36. The van der Waals surface area contributed by atoms with E-state index >= 15 is 0 Å². The molecule has 0 heterocycles. The van der Waals surface area contributed by atoms with Gasteiger partial charge in [0.15, 0.2) is 0 Å². The number of rotatable bonds is 0. The van der Waals surface area contributed by atoms with Gasteiger partial charge in [0.2, 0.25) is 0 Å². The molecule has 0 radical (unpaired) electrons. The van der Waals surface area contributed by atoms with Crippen LogP contribution in [0.4, 0.5) is 0 Å². The highest BCUT2D eigenvalue weighted by atomic mass is 128. The Balaban J connectivity index is 0. The first-order valence-electron chi connectivity index (χ1n) is 0.841. The van der Waals surface area contributed by atoms with Crippen LogP contribution >= 0.6 is 37.2 Å². The summed E-state index contributed by atoms with van der Waals surface area (Å²) in [5, 5.41) is 0. The van der Waals surface area contributed by atoms with Crippen LogP contribution in [0.3, 0.4) is 0 Å². The predicted molar refractivity (Wildman–Crippen MR) is 42.2 cm³/mol. The predicted octanol–water partition coefficient (Wildman–Crippen LogP) is 1.12. The van der Waals surface area contributed by atoms with Crippen LogP contribution in [0.25, 0.3) is 0 Å². The van der Waals surface area contributed by atoms with Crippen molar-refractivity contribution in [2.45, 2.75) is 0 Å². The fraction of sp³-hybridized carbons (Fsp3) is 0. The Morgan fingerprint density at radius 2 is 1.14 bits per heavy atom. The Morgan fingerprint density at radius 1 is 1.14 bits per heavy atom. The molecule has 0 spiro atoms. The molecule has 46 valence electrons. The van der Waals surface area contributed by atoms with Gasteiger partial charge in [0.05, 0.1) is 0 Å². The Labute approximate surface area is 64.6 Å². The molecule has 7 heteroatoms. The molecule has 0 aromatic heterocycles. The van der Waals surface area contributed by atoms with E-state index in [1.54, 1.807) is 0 Å². The Morgan fingerprint density at radius 3 is 1.14 bits per heavy atom. The fourth-order valence-electron chi connectivity index (χ4n) is 0. The quantitative estimate of drug-likeness (QED) is 0.506. The lowest BCUT2D eigenvalue weighted by molar-refractivity contribution is 0.381. The van der Waals surface area contributed by atoms with Crippen molar-refractivity contribution >= 4 is 47.6 Å². The van der Waals surface area contributed by atoms with E-state index in [9.17, 15) is 0 Å². The Kier molecular flexibility index (Phi) is 8.72. The fourth-order valence-corrected chi connectivity index (χ4v) is 0. The number of hydrogen-bond donors (Lipinski definition) is 2. The van der Waals surface area contributed by atoms with Gasteiger partial charge < -0.3 is 0 Å². The molecular weight excluding hydrogens is 350 g/mol. The topological polar surface area (TPSA) is 74.6 Å². The maximum Gasteiger partial charge on any atom is 0.394 e. The van der Waals surface area contributed by atoms with Crippen LogP contribution in [0.15, 0.2) is 0 Å². The van der Waals surface area contributed by atoms with Gasteiger partial charge in [-0.15, -0.1) is 0 Å². The molecule has 0 aromatic rings. The van der Waals surface area contributed by atoms with Crippen molar-refractivity contribution in [3.05, 3.63) is 0 Å². The lowest BCUT2D eigenvalue weighted by Crippen LogP contribution is -1.89. The number of hydrogen-bond acceptors (Lipinski definition) is 2. The molecule has 0 saturated heterocycles. The summed E-state index contributed by atoms with van der Waals surface area (Å²) in [6.07, 6.45) is 0. The van der Waals surface area contributed by atoms with E-state index in [1.165, 1.54) is 0 Å². The van der Waals surface area contributed by atoms with E-state index in [1.807, 2.05) is 0 Å². The molecule has 0 saturated carbocycles. The second kappa shape index (κ2) is 5.47. The van der Waals surface area contributed by atoms with Gasteiger partial charge in [0, 0.05) is 37.2 Å². The van der Waals surface area contributed by atoms with Crippen LogP contribution in [0.2, 0.25) is 0 Å². The third kappa shape index (κ3) is 118. The first kappa shape index (κ1) is 11.2. The van der Waals surface area contributed by atoms with Crippen molar-refractivity contribution in [1.29, 1.82) is 0 Å². The highest BCUT2D eigenvalue weighted by Gasteiger charge is 1.84. The van der Waals surface area contributed by atoms with Crippen LogP contribution in [-0.2, 0) is 10.4 Å². The summed E-state index contributed by atoms with van der Waals surface area (Å²) in [6.45, 7) is 0. The minimum absolute atomic E-state index is 2.12. The highest BCUT2D eigenvalue weighted by Crippen LogP contribution is 1.89. The second-order valence-corrected chi connectivity index (χ2v) is 1.34. The Bertz CT molecular complexity index is 92.9. The lowest BCUT2D eigenvalue weighted by Gasteiger charge is -1.68. The van der Waals surface area contributed by atoms with Gasteiger partial charge in [-0.1, -0.05) is 0 Å². The summed E-state index contributed by atoms with van der Waals surface area (Å²) in [5.41, 5.74) is 0. The second-order valence-electron chi connectivity index (χ2n) is 0.448. The van der Waals surface area contributed by atoms with Gasteiger partial charge in [-0.25, -0.2) is 0 Å². The Hall–Kier alpha value is 1.33. The third-order valence-corrected chi connectivity index (χ3v) is 0. The minimum atomic E-state index is -4.67. The van der Waals surface area contributed by atoms with Gasteiger partial charge in [-0.2, -0.15) is 8.42 Å². The van der Waals surface area contributed by atoms with E-state index in [2.05, 4.69) is 37.2 Å². The van der Waals surface area contributed by atoms with E-state index in [0.29, 0.717) is 0 Å². The largest absolute Gasteiger partial charge is 0.394 e. The standard InChI is InChI=1S/I2.H2O4S/c1-2;1-5(2,3)4/h;(H2,1,2,3,4). The van der Waals surface area contributed by atoms with Crippen LogP contribution in [0.5, 0.6) is 0 Å². The highest BCUT2D eigenvalue weighted by molar-refractivity contribution is 15.0. The summed E-state index contributed by atoms with van der Waals surface area (Å²) in [7, 11) is -4.67. The third-order valence-electron chi connectivity index (χ3n) is 0. The monoisotopic (exact) mass is 352 g/mol. The molecule has 0 fully saturated rings. The van der Waals surface area contributed by atoms with Gasteiger partial charge in [-0.3, -0.25) is 9.11 Å². The van der Waals surface area contributed by atoms with E-state index in [4.69, 9.17) is 17.5 Å². The first-order chi connectivity index (χ1) is 3.00. The SMILES string of the molecule is II.O=S(=O)(O)O. The van der Waals surface area contributed by atoms with Crippen molar-refractivity contribution in [3.8, 4) is 0 Å². The molecule has 0 aliphatic rings. The van der Waals surface area contributed by atoms with Crippen LogP contribution in [-0.4, -0.2) is 17.5 Å². The smallest absolute Gasteiger partial charge is 0.264 e. The summed E-state index contributed by atoms with van der Waals surface area (Å²) in [4.78, 5) is 0. The van der Waals surface area contributed by atoms with Crippen LogP contribution in [0.1, 0.15) is 0 Å². The molecule has 4 nitrogen and oxygen atoms in total. The summed E-state index contributed by atoms with van der Waals surface area (Å²) >= 11 is 4.24. The van der Waals surface area contributed by atoms with Crippen LogP contribution < -0.4 is 0 Å². The van der Waals surface area contributed by atoms with Gasteiger partial charge in [0.1, 0.15) is 0 Å². The van der Waals surface area contributed by atoms with Gasteiger partial charge in [0.25, 0.3) is 0 Å². The first-order valence-corrected chi connectivity index (χ1v) is 8.52. The van der Waals surface area contributed by atoms with E-state index < -0.39 is 10.4 Å². The average molecular weight is 352 g/mol. The molecule has 0 rings (SSSR count). The summed E-state index contributed by atoms with van der Waals surface area (Å²) in [5.74, 6) is 0. The molecule has 0 aromatic carbocycles. The molecule has 0 aliphatic heterocycles. The van der Waals surface area contributed by atoms with Crippen molar-refractivity contribution in [2.75, 3.05) is 0 Å². The molecular formula is H2I2O4S. The normalized spacial score (nSPS) is 9.14. The molecule has 0 amide bonds.